The molecule has 2 atom stereocenters. The molecule has 1 aromatic carbocycles. The van der Waals surface area contributed by atoms with Crippen LogP contribution in [0, 0.1) is 0 Å². The maximum Gasteiger partial charge on any atom is 0.335 e. The van der Waals surface area contributed by atoms with Gasteiger partial charge in [0.05, 0.1) is 26.9 Å². The van der Waals surface area contributed by atoms with Crippen LogP contribution in [0.25, 0.3) is 0 Å². The fourth-order valence-corrected chi connectivity index (χ4v) is 2.20. The molecule has 19 heavy (non-hydrogen) atoms. The average Bonchev–Trinajstić information content (AvgIpc) is 2.44. The Balaban J connectivity index is 2.47. The monoisotopic (exact) mass is 268 g/mol. The number of rotatable bonds is 3. The Bertz CT molecular complexity index is 484. The highest BCUT2D eigenvalue weighted by Crippen LogP contribution is 2.40. The summed E-state index contributed by atoms with van der Waals surface area (Å²) in [5, 5.41) is 10.0. The van der Waals surface area contributed by atoms with E-state index in [2.05, 4.69) is 4.74 Å². The van der Waals surface area contributed by atoms with E-state index in [9.17, 15) is 9.90 Å². The Morgan fingerprint density at radius 2 is 1.89 bits per heavy atom. The van der Waals surface area contributed by atoms with Crippen LogP contribution in [0.1, 0.15) is 17.4 Å². The van der Waals surface area contributed by atoms with Gasteiger partial charge in [0.25, 0.3) is 0 Å². The van der Waals surface area contributed by atoms with E-state index in [0.29, 0.717) is 22.6 Å². The predicted octanol–water partition coefficient (Wildman–Crippen LogP) is 0.809. The molecule has 0 aromatic heterocycles. The van der Waals surface area contributed by atoms with Gasteiger partial charge in [-0.25, -0.2) is 4.79 Å². The van der Waals surface area contributed by atoms with Gasteiger partial charge in [0, 0.05) is 12.0 Å². The van der Waals surface area contributed by atoms with Crippen LogP contribution in [0.4, 0.5) is 0 Å². The molecule has 6 heteroatoms. The van der Waals surface area contributed by atoms with E-state index in [0.717, 1.165) is 0 Å². The first-order valence-corrected chi connectivity index (χ1v) is 5.77. The van der Waals surface area contributed by atoms with Crippen LogP contribution in [-0.2, 0) is 20.7 Å². The molecular formula is C13H16O6. The number of carbonyl (C=O) groups excluding carboxylic acids is 1. The highest BCUT2D eigenvalue weighted by atomic mass is 16.6. The average molecular weight is 268 g/mol. The van der Waals surface area contributed by atoms with Gasteiger partial charge < -0.3 is 24.1 Å². The van der Waals surface area contributed by atoms with Gasteiger partial charge in [0.1, 0.15) is 11.5 Å². The van der Waals surface area contributed by atoms with E-state index in [1.807, 2.05) is 0 Å². The smallest absolute Gasteiger partial charge is 0.335 e. The summed E-state index contributed by atoms with van der Waals surface area (Å²) >= 11 is 0. The molecule has 0 spiro atoms. The van der Waals surface area contributed by atoms with Crippen molar-refractivity contribution in [3.8, 4) is 11.5 Å². The van der Waals surface area contributed by atoms with Crippen LogP contribution >= 0.6 is 0 Å². The van der Waals surface area contributed by atoms with Gasteiger partial charge in [-0.05, 0) is 12.1 Å². The number of benzene rings is 1. The topological polar surface area (TPSA) is 74.2 Å². The normalized spacial score (nSPS) is 21.5. The summed E-state index contributed by atoms with van der Waals surface area (Å²) in [5.74, 6) is 0.535. The van der Waals surface area contributed by atoms with Crippen LogP contribution < -0.4 is 9.47 Å². The van der Waals surface area contributed by atoms with E-state index in [4.69, 9.17) is 14.2 Å². The van der Waals surface area contributed by atoms with E-state index in [1.165, 1.54) is 21.3 Å². The van der Waals surface area contributed by atoms with Crippen molar-refractivity contribution in [2.75, 3.05) is 21.3 Å². The van der Waals surface area contributed by atoms with Crippen LogP contribution in [0.5, 0.6) is 11.5 Å². The van der Waals surface area contributed by atoms with Gasteiger partial charge in [0.15, 0.2) is 12.4 Å². The van der Waals surface area contributed by atoms with Gasteiger partial charge in [-0.3, -0.25) is 0 Å². The molecule has 6 nitrogen and oxygen atoms in total. The van der Waals surface area contributed by atoms with E-state index < -0.39 is 18.4 Å². The number of hydrogen-bond acceptors (Lipinski definition) is 6. The Kier molecular flexibility index (Phi) is 3.92. The Morgan fingerprint density at radius 3 is 2.47 bits per heavy atom. The van der Waals surface area contributed by atoms with Crippen LogP contribution in [-0.4, -0.2) is 38.5 Å². The number of ether oxygens (including phenoxy) is 4. The summed E-state index contributed by atoms with van der Waals surface area (Å²) in [6.45, 7) is 0. The van der Waals surface area contributed by atoms with Crippen molar-refractivity contribution in [3.05, 3.63) is 23.3 Å². The van der Waals surface area contributed by atoms with Crippen molar-refractivity contribution in [1.29, 1.82) is 0 Å². The number of carbonyl (C=O) groups is 1. The minimum atomic E-state index is -1.25. The summed E-state index contributed by atoms with van der Waals surface area (Å²) < 4.78 is 20.3. The summed E-state index contributed by atoms with van der Waals surface area (Å²) in [7, 11) is 4.30. The summed E-state index contributed by atoms with van der Waals surface area (Å²) in [4.78, 5) is 11.5. The lowest BCUT2D eigenvalue weighted by Gasteiger charge is -2.29. The van der Waals surface area contributed by atoms with Crippen molar-refractivity contribution >= 4 is 5.97 Å². The molecule has 0 fully saturated rings. The maximum absolute atomic E-state index is 11.5. The standard InChI is InChI=1S/C13H16O6/c1-16-8-4-5-9(17-2)11-7(8)6-10(12(14)18-3)19-13(11)15/h4-5,10,13,15H,6H2,1-3H3. The zero-order chi connectivity index (χ0) is 14.0. The Labute approximate surface area is 110 Å². The lowest BCUT2D eigenvalue weighted by molar-refractivity contribution is -0.184. The SMILES string of the molecule is COC(=O)C1Cc2c(OC)ccc(OC)c2C(O)O1. The molecule has 2 unspecified atom stereocenters. The lowest BCUT2D eigenvalue weighted by Crippen LogP contribution is -2.34. The molecular weight excluding hydrogens is 252 g/mol. The van der Waals surface area contributed by atoms with Crippen LogP contribution in [0.3, 0.4) is 0 Å². The highest BCUT2D eigenvalue weighted by Gasteiger charge is 2.35. The third kappa shape index (κ3) is 2.36. The van der Waals surface area contributed by atoms with Crippen LogP contribution in [0.15, 0.2) is 12.1 Å². The third-order valence-corrected chi connectivity index (χ3v) is 3.11. The van der Waals surface area contributed by atoms with Crippen molar-refractivity contribution in [1.82, 2.24) is 0 Å². The van der Waals surface area contributed by atoms with Gasteiger partial charge in [-0.15, -0.1) is 0 Å². The summed E-state index contributed by atoms with van der Waals surface area (Å²) in [6, 6.07) is 3.41. The Hall–Kier alpha value is -1.79. The minimum absolute atomic E-state index is 0.263. The maximum atomic E-state index is 11.5. The molecule has 104 valence electrons. The predicted molar refractivity (Wildman–Crippen MR) is 65.1 cm³/mol. The second kappa shape index (κ2) is 5.46. The molecule has 1 aliphatic heterocycles. The highest BCUT2D eigenvalue weighted by molar-refractivity contribution is 5.76. The van der Waals surface area contributed by atoms with Crippen molar-refractivity contribution in [3.63, 3.8) is 0 Å². The van der Waals surface area contributed by atoms with Crippen molar-refractivity contribution in [2.24, 2.45) is 0 Å². The third-order valence-electron chi connectivity index (χ3n) is 3.11. The van der Waals surface area contributed by atoms with Crippen molar-refractivity contribution in [2.45, 2.75) is 18.8 Å². The van der Waals surface area contributed by atoms with Crippen LogP contribution in [0.2, 0.25) is 0 Å². The molecule has 0 bridgehead atoms. The van der Waals surface area contributed by atoms with E-state index in [-0.39, 0.29) is 6.42 Å². The minimum Gasteiger partial charge on any atom is -0.496 e. The lowest BCUT2D eigenvalue weighted by atomic mass is 9.96. The van der Waals surface area contributed by atoms with Gasteiger partial charge in [0.2, 0.25) is 0 Å². The number of aliphatic hydroxyl groups excluding tert-OH is 1. The fraction of sp³-hybridized carbons (Fsp3) is 0.462. The molecule has 1 aliphatic rings. The van der Waals surface area contributed by atoms with Gasteiger partial charge >= 0.3 is 5.97 Å². The molecule has 2 rings (SSSR count). The number of methoxy groups -OCH3 is 3. The second-order valence-electron chi connectivity index (χ2n) is 4.07. The summed E-state index contributed by atoms with van der Waals surface area (Å²) in [5.41, 5.74) is 1.18. The molecule has 0 amide bonds. The summed E-state index contributed by atoms with van der Waals surface area (Å²) in [6.07, 6.45) is -1.84. The molecule has 0 saturated heterocycles. The van der Waals surface area contributed by atoms with E-state index in [1.54, 1.807) is 12.1 Å². The van der Waals surface area contributed by atoms with Crippen molar-refractivity contribution < 1.29 is 28.8 Å². The number of fused-ring (bicyclic) bond motifs is 1. The first-order chi connectivity index (χ1) is 9.12. The zero-order valence-corrected chi connectivity index (χ0v) is 11.0. The molecule has 1 heterocycles. The fourth-order valence-electron chi connectivity index (χ4n) is 2.20. The first-order valence-electron chi connectivity index (χ1n) is 5.77. The molecule has 0 aliphatic carbocycles. The van der Waals surface area contributed by atoms with Gasteiger partial charge in [-0.2, -0.15) is 0 Å². The number of esters is 1. The molecule has 1 aromatic rings. The Morgan fingerprint density at radius 1 is 1.26 bits per heavy atom. The quantitative estimate of drug-likeness (QED) is 0.818. The second-order valence-corrected chi connectivity index (χ2v) is 4.07. The molecule has 1 N–H and O–H groups in total. The van der Waals surface area contributed by atoms with Gasteiger partial charge in [-0.1, -0.05) is 0 Å². The largest absolute Gasteiger partial charge is 0.496 e. The number of aliphatic hydroxyl groups is 1. The molecule has 0 radical (unpaired) electrons. The van der Waals surface area contributed by atoms with E-state index >= 15 is 0 Å². The zero-order valence-electron chi connectivity index (χ0n) is 11.0. The number of hydrogen-bond donors (Lipinski definition) is 1. The molecule has 0 saturated carbocycles. The first kappa shape index (κ1) is 13.6.